The summed E-state index contributed by atoms with van der Waals surface area (Å²) < 4.78 is 25.7. The summed E-state index contributed by atoms with van der Waals surface area (Å²) in [4.78, 5) is 14.6. The smallest absolute Gasteiger partial charge is 0.232 e. The maximum Gasteiger partial charge on any atom is 0.232 e. The molecule has 0 spiro atoms. The van der Waals surface area contributed by atoms with Gasteiger partial charge >= 0.3 is 0 Å². The lowest BCUT2D eigenvalue weighted by atomic mass is 10.2. The Labute approximate surface area is 170 Å². The van der Waals surface area contributed by atoms with Crippen LogP contribution in [0.2, 0.25) is 0 Å². The van der Waals surface area contributed by atoms with Crippen molar-refractivity contribution in [2.24, 2.45) is 0 Å². The standard InChI is InChI=1S/C21H35N3O3S/c1-19-11-5-6-12-20(19)24(28(2,26)27)18-9-13-21(25)22-14-10-17-23-15-7-3-4-8-16-23/h5-6,11-12H,3-4,7-10,13-18H2,1-2H3,(H,22,25). The summed E-state index contributed by atoms with van der Waals surface area (Å²) in [6.07, 6.45) is 8.24. The molecule has 0 bridgehead atoms. The maximum absolute atomic E-state index is 12.2. The summed E-state index contributed by atoms with van der Waals surface area (Å²) >= 11 is 0. The fourth-order valence-corrected chi connectivity index (χ4v) is 4.69. The van der Waals surface area contributed by atoms with Crippen LogP contribution in [0.4, 0.5) is 5.69 Å². The minimum absolute atomic E-state index is 0.00546. The number of likely N-dealkylation sites (tertiary alicyclic amines) is 1. The van der Waals surface area contributed by atoms with Crippen molar-refractivity contribution in [3.8, 4) is 0 Å². The summed E-state index contributed by atoms with van der Waals surface area (Å²) in [5.41, 5.74) is 1.59. The summed E-state index contributed by atoms with van der Waals surface area (Å²) in [7, 11) is -3.38. The largest absolute Gasteiger partial charge is 0.356 e. The van der Waals surface area contributed by atoms with E-state index < -0.39 is 10.0 Å². The number of amides is 1. The summed E-state index contributed by atoms with van der Waals surface area (Å²) in [5.74, 6) is -0.00546. The Hall–Kier alpha value is -1.60. The fourth-order valence-electron chi connectivity index (χ4n) is 3.67. The molecule has 1 fully saturated rings. The second-order valence-electron chi connectivity index (χ2n) is 7.68. The normalized spacial score (nSPS) is 15.8. The van der Waals surface area contributed by atoms with E-state index >= 15 is 0 Å². The lowest BCUT2D eigenvalue weighted by Crippen LogP contribution is -2.33. The first-order valence-electron chi connectivity index (χ1n) is 10.4. The van der Waals surface area contributed by atoms with E-state index in [2.05, 4.69) is 10.2 Å². The molecule has 0 aromatic heterocycles. The number of hydrogen-bond donors (Lipinski definition) is 1. The van der Waals surface area contributed by atoms with E-state index in [1.807, 2.05) is 25.1 Å². The van der Waals surface area contributed by atoms with Gasteiger partial charge in [-0.25, -0.2) is 8.42 Å². The minimum atomic E-state index is -3.38. The van der Waals surface area contributed by atoms with Crippen molar-refractivity contribution in [1.82, 2.24) is 10.2 Å². The molecule has 1 aliphatic rings. The van der Waals surface area contributed by atoms with Crippen LogP contribution in [0.3, 0.4) is 0 Å². The van der Waals surface area contributed by atoms with Gasteiger partial charge in [0.05, 0.1) is 11.9 Å². The van der Waals surface area contributed by atoms with Crippen molar-refractivity contribution in [1.29, 1.82) is 0 Å². The van der Waals surface area contributed by atoms with Crippen LogP contribution < -0.4 is 9.62 Å². The second kappa shape index (κ2) is 11.4. The third-order valence-electron chi connectivity index (χ3n) is 5.22. The molecular formula is C21H35N3O3S. The monoisotopic (exact) mass is 409 g/mol. The molecular weight excluding hydrogens is 374 g/mol. The van der Waals surface area contributed by atoms with E-state index in [0.717, 1.165) is 18.5 Å². The van der Waals surface area contributed by atoms with Crippen molar-refractivity contribution >= 4 is 21.6 Å². The minimum Gasteiger partial charge on any atom is -0.356 e. The highest BCUT2D eigenvalue weighted by molar-refractivity contribution is 7.92. The Morgan fingerprint density at radius 2 is 1.79 bits per heavy atom. The number of benzene rings is 1. The summed E-state index contributed by atoms with van der Waals surface area (Å²) in [6, 6.07) is 7.42. The van der Waals surface area contributed by atoms with Crippen LogP contribution in [0.25, 0.3) is 0 Å². The van der Waals surface area contributed by atoms with Crippen LogP contribution in [0, 0.1) is 6.92 Å². The third kappa shape index (κ3) is 7.80. The van der Waals surface area contributed by atoms with E-state index in [1.165, 1.54) is 49.3 Å². The number of carbonyl (C=O) groups is 1. The molecule has 1 saturated heterocycles. The van der Waals surface area contributed by atoms with Crippen LogP contribution in [0.1, 0.15) is 50.5 Å². The van der Waals surface area contributed by atoms with Gasteiger partial charge in [-0.3, -0.25) is 9.10 Å². The predicted octanol–water partition coefficient (Wildman–Crippen LogP) is 2.92. The first-order chi connectivity index (χ1) is 13.4. The fraction of sp³-hybridized carbons (Fsp3) is 0.667. The molecule has 0 aliphatic carbocycles. The molecule has 1 amide bonds. The summed E-state index contributed by atoms with van der Waals surface area (Å²) in [6.45, 7) is 6.27. The van der Waals surface area contributed by atoms with Crippen LogP contribution in [-0.4, -0.2) is 58.2 Å². The number of sulfonamides is 1. The lowest BCUT2D eigenvalue weighted by molar-refractivity contribution is -0.121. The molecule has 2 rings (SSSR count). The summed E-state index contributed by atoms with van der Waals surface area (Å²) in [5, 5.41) is 2.97. The molecule has 1 aromatic rings. The van der Waals surface area contributed by atoms with Crippen molar-refractivity contribution < 1.29 is 13.2 Å². The number of aryl methyl sites for hydroxylation is 1. The van der Waals surface area contributed by atoms with Crippen molar-refractivity contribution in [3.63, 3.8) is 0 Å². The number of nitrogens with one attached hydrogen (secondary N) is 1. The maximum atomic E-state index is 12.2. The molecule has 0 unspecified atom stereocenters. The van der Waals surface area contributed by atoms with Crippen LogP contribution in [0.5, 0.6) is 0 Å². The molecule has 1 aromatic carbocycles. The predicted molar refractivity (Wildman–Crippen MR) is 115 cm³/mol. The van der Waals surface area contributed by atoms with Gasteiger partial charge in [0.2, 0.25) is 15.9 Å². The van der Waals surface area contributed by atoms with E-state index in [1.54, 1.807) is 6.07 Å². The van der Waals surface area contributed by atoms with Gasteiger partial charge in [-0.1, -0.05) is 31.0 Å². The SMILES string of the molecule is Cc1ccccc1N(CCCC(=O)NCCCN1CCCCCC1)S(C)(=O)=O. The van der Waals surface area contributed by atoms with Crippen LogP contribution in [0.15, 0.2) is 24.3 Å². The highest BCUT2D eigenvalue weighted by Crippen LogP contribution is 2.22. The van der Waals surface area contributed by atoms with Crippen molar-refractivity contribution in [2.75, 3.05) is 43.3 Å². The average molecular weight is 410 g/mol. The molecule has 6 nitrogen and oxygen atoms in total. The first-order valence-corrected chi connectivity index (χ1v) is 12.2. The Balaban J connectivity index is 1.70. The third-order valence-corrected chi connectivity index (χ3v) is 6.40. The zero-order valence-electron chi connectivity index (χ0n) is 17.3. The average Bonchev–Trinajstić information content (AvgIpc) is 2.91. The van der Waals surface area contributed by atoms with E-state index in [4.69, 9.17) is 0 Å². The van der Waals surface area contributed by atoms with Gasteiger partial charge in [0.1, 0.15) is 0 Å². The Bertz CT molecular complexity index is 713. The van der Waals surface area contributed by atoms with Crippen LogP contribution >= 0.6 is 0 Å². The zero-order chi connectivity index (χ0) is 20.4. The van der Waals surface area contributed by atoms with Gasteiger partial charge < -0.3 is 10.2 Å². The number of nitrogens with zero attached hydrogens (tertiary/aromatic N) is 2. The number of carbonyl (C=O) groups excluding carboxylic acids is 1. The van der Waals surface area contributed by atoms with E-state index in [0.29, 0.717) is 31.6 Å². The van der Waals surface area contributed by atoms with E-state index in [9.17, 15) is 13.2 Å². The number of para-hydroxylation sites is 1. The topological polar surface area (TPSA) is 69.7 Å². The number of hydrogen-bond acceptors (Lipinski definition) is 4. The number of anilines is 1. The molecule has 1 heterocycles. The molecule has 0 atom stereocenters. The molecule has 158 valence electrons. The molecule has 0 radical (unpaired) electrons. The van der Waals surface area contributed by atoms with E-state index in [-0.39, 0.29) is 5.91 Å². The Kier molecular flexibility index (Phi) is 9.25. The van der Waals surface area contributed by atoms with Crippen molar-refractivity contribution in [2.45, 2.75) is 51.9 Å². The molecule has 1 aliphatic heterocycles. The molecule has 7 heteroatoms. The quantitative estimate of drug-likeness (QED) is 0.603. The highest BCUT2D eigenvalue weighted by Gasteiger charge is 2.19. The van der Waals surface area contributed by atoms with Gasteiger partial charge in [0, 0.05) is 19.5 Å². The number of rotatable bonds is 10. The van der Waals surface area contributed by atoms with Gasteiger partial charge in [0.15, 0.2) is 0 Å². The van der Waals surface area contributed by atoms with Gasteiger partial charge in [-0.15, -0.1) is 0 Å². The van der Waals surface area contributed by atoms with Gasteiger partial charge in [-0.05, 0) is 63.9 Å². The molecule has 1 N–H and O–H groups in total. The highest BCUT2D eigenvalue weighted by atomic mass is 32.2. The van der Waals surface area contributed by atoms with Gasteiger partial charge in [0.25, 0.3) is 0 Å². The van der Waals surface area contributed by atoms with Crippen molar-refractivity contribution in [3.05, 3.63) is 29.8 Å². The second-order valence-corrected chi connectivity index (χ2v) is 9.59. The molecule has 28 heavy (non-hydrogen) atoms. The van der Waals surface area contributed by atoms with Gasteiger partial charge in [-0.2, -0.15) is 0 Å². The Morgan fingerprint density at radius 1 is 1.11 bits per heavy atom. The zero-order valence-corrected chi connectivity index (χ0v) is 18.1. The Morgan fingerprint density at radius 3 is 2.43 bits per heavy atom. The van der Waals surface area contributed by atoms with Crippen LogP contribution in [-0.2, 0) is 14.8 Å². The lowest BCUT2D eigenvalue weighted by Gasteiger charge is -2.24. The first kappa shape index (κ1) is 22.7. The molecule has 0 saturated carbocycles.